The zero-order chi connectivity index (χ0) is 21.0. The summed E-state index contributed by atoms with van der Waals surface area (Å²) < 4.78 is 1.59. The third-order valence-electron chi connectivity index (χ3n) is 5.85. The zero-order valence-corrected chi connectivity index (χ0v) is 16.7. The number of benzene rings is 1. The molecule has 1 aliphatic carbocycles. The molecule has 0 saturated heterocycles. The molecule has 7 nitrogen and oxygen atoms in total. The van der Waals surface area contributed by atoms with Crippen LogP contribution in [0.1, 0.15) is 48.9 Å². The van der Waals surface area contributed by atoms with Crippen LogP contribution in [0, 0.1) is 0 Å². The van der Waals surface area contributed by atoms with Gasteiger partial charge in [-0.3, -0.25) is 19.8 Å². The highest BCUT2D eigenvalue weighted by Crippen LogP contribution is 2.42. The van der Waals surface area contributed by atoms with Gasteiger partial charge in [0, 0.05) is 18.2 Å². The lowest BCUT2D eigenvalue weighted by molar-refractivity contribution is 0.127. The number of aliphatic hydroxyl groups is 1. The molecule has 30 heavy (non-hydrogen) atoms. The Morgan fingerprint density at radius 3 is 2.53 bits per heavy atom. The standard InChI is InChI=1S/C23H26N4O3/c28-19-15-27(16-23(11-5-6-12-23)17-8-2-1-3-9-17)26-20(21(19)29)22(30)25-14-18-10-4-7-13-24-18/h1-4,7-10,13,15,22,25,28,30H,5-6,11-12,14,16H2/t22-/m1/s1. The van der Waals surface area contributed by atoms with Crippen molar-refractivity contribution < 1.29 is 10.2 Å². The van der Waals surface area contributed by atoms with Crippen LogP contribution in [-0.4, -0.2) is 25.0 Å². The molecule has 1 saturated carbocycles. The normalized spacial score (nSPS) is 16.4. The molecule has 0 radical (unpaired) electrons. The molecule has 3 N–H and O–H groups in total. The van der Waals surface area contributed by atoms with Crippen molar-refractivity contribution in [2.24, 2.45) is 0 Å². The summed E-state index contributed by atoms with van der Waals surface area (Å²) in [5.41, 5.74) is 1.07. The van der Waals surface area contributed by atoms with Crippen LogP contribution in [0.15, 0.2) is 65.7 Å². The highest BCUT2D eigenvalue weighted by Gasteiger charge is 2.36. The lowest BCUT2D eigenvalue weighted by atomic mass is 9.79. The Hall–Kier alpha value is -3.03. The summed E-state index contributed by atoms with van der Waals surface area (Å²) in [5, 5.41) is 28.0. The molecular weight excluding hydrogens is 380 g/mol. The van der Waals surface area contributed by atoms with Gasteiger partial charge >= 0.3 is 0 Å². The van der Waals surface area contributed by atoms with E-state index in [9.17, 15) is 15.0 Å². The van der Waals surface area contributed by atoms with E-state index in [2.05, 4.69) is 27.5 Å². The Morgan fingerprint density at radius 1 is 1.10 bits per heavy atom. The number of hydrogen-bond donors (Lipinski definition) is 3. The first kappa shape index (κ1) is 20.3. The average molecular weight is 406 g/mol. The van der Waals surface area contributed by atoms with Crippen molar-refractivity contribution in [1.29, 1.82) is 0 Å². The molecule has 0 spiro atoms. The van der Waals surface area contributed by atoms with Crippen molar-refractivity contribution in [2.75, 3.05) is 0 Å². The quantitative estimate of drug-likeness (QED) is 0.522. The fraction of sp³-hybridized carbons (Fsp3) is 0.348. The van der Waals surface area contributed by atoms with Crippen LogP contribution in [0.2, 0.25) is 0 Å². The van der Waals surface area contributed by atoms with Crippen molar-refractivity contribution >= 4 is 0 Å². The molecule has 0 unspecified atom stereocenters. The summed E-state index contributed by atoms with van der Waals surface area (Å²) in [7, 11) is 0. The molecular formula is C23H26N4O3. The average Bonchev–Trinajstić information content (AvgIpc) is 3.25. The van der Waals surface area contributed by atoms with E-state index in [1.807, 2.05) is 30.3 Å². The number of nitrogens with zero attached hydrogens (tertiary/aromatic N) is 3. The van der Waals surface area contributed by atoms with Gasteiger partial charge in [0.05, 0.1) is 18.4 Å². The molecule has 2 aromatic heterocycles. The van der Waals surface area contributed by atoms with Crippen molar-refractivity contribution in [3.8, 4) is 5.75 Å². The summed E-state index contributed by atoms with van der Waals surface area (Å²) in [4.78, 5) is 16.6. The monoisotopic (exact) mass is 406 g/mol. The third kappa shape index (κ3) is 4.27. The summed E-state index contributed by atoms with van der Waals surface area (Å²) in [5.74, 6) is -0.417. The molecule has 0 amide bonds. The number of aromatic hydroxyl groups is 1. The van der Waals surface area contributed by atoms with Crippen LogP contribution >= 0.6 is 0 Å². The van der Waals surface area contributed by atoms with E-state index in [0.29, 0.717) is 6.54 Å². The Labute approximate surface area is 175 Å². The molecule has 1 aromatic carbocycles. The molecule has 1 aliphatic rings. The smallest absolute Gasteiger partial charge is 0.248 e. The van der Waals surface area contributed by atoms with Crippen molar-refractivity contribution in [3.05, 3.63) is 88.1 Å². The van der Waals surface area contributed by atoms with Crippen LogP contribution in [-0.2, 0) is 18.5 Å². The highest BCUT2D eigenvalue weighted by atomic mass is 16.3. The molecule has 1 fully saturated rings. The van der Waals surface area contributed by atoms with E-state index < -0.39 is 17.4 Å². The number of nitrogens with one attached hydrogen (secondary N) is 1. The largest absolute Gasteiger partial charge is 0.503 e. The lowest BCUT2D eigenvalue weighted by Gasteiger charge is -2.30. The van der Waals surface area contributed by atoms with Gasteiger partial charge in [-0.1, -0.05) is 49.2 Å². The fourth-order valence-electron chi connectivity index (χ4n) is 4.30. The van der Waals surface area contributed by atoms with Gasteiger partial charge in [0.15, 0.2) is 17.7 Å². The second-order valence-electron chi connectivity index (χ2n) is 7.88. The SMILES string of the molecule is O=c1c(O)cn(CC2(c3ccccc3)CCCC2)nc1[C@@H](O)NCc1ccccn1. The van der Waals surface area contributed by atoms with Gasteiger partial charge in [-0.25, -0.2) is 0 Å². The summed E-state index contributed by atoms with van der Waals surface area (Å²) >= 11 is 0. The number of aliphatic hydroxyl groups excluding tert-OH is 1. The van der Waals surface area contributed by atoms with E-state index in [1.165, 1.54) is 11.8 Å². The summed E-state index contributed by atoms with van der Waals surface area (Å²) in [6.45, 7) is 0.803. The van der Waals surface area contributed by atoms with Gasteiger partial charge < -0.3 is 10.2 Å². The molecule has 4 rings (SSSR count). The van der Waals surface area contributed by atoms with Crippen molar-refractivity contribution in [3.63, 3.8) is 0 Å². The Bertz CT molecular complexity index is 1030. The van der Waals surface area contributed by atoms with Gasteiger partial charge in [0.25, 0.3) is 0 Å². The minimum absolute atomic E-state index is 0.0978. The van der Waals surface area contributed by atoms with E-state index in [1.54, 1.807) is 16.9 Å². The molecule has 3 aromatic rings. The molecule has 0 aliphatic heterocycles. The minimum Gasteiger partial charge on any atom is -0.503 e. The first-order valence-electron chi connectivity index (χ1n) is 10.2. The molecule has 1 atom stereocenters. The van der Waals surface area contributed by atoms with Crippen LogP contribution in [0.5, 0.6) is 5.75 Å². The molecule has 156 valence electrons. The van der Waals surface area contributed by atoms with E-state index in [0.717, 1.165) is 31.4 Å². The maximum absolute atomic E-state index is 12.4. The fourth-order valence-corrected chi connectivity index (χ4v) is 4.30. The third-order valence-corrected chi connectivity index (χ3v) is 5.85. The number of pyridine rings is 1. The first-order chi connectivity index (χ1) is 14.6. The van der Waals surface area contributed by atoms with Gasteiger partial charge in [-0.05, 0) is 30.5 Å². The van der Waals surface area contributed by atoms with E-state index >= 15 is 0 Å². The maximum atomic E-state index is 12.4. The van der Waals surface area contributed by atoms with Crippen molar-refractivity contribution in [2.45, 2.75) is 50.4 Å². The van der Waals surface area contributed by atoms with Crippen LogP contribution in [0.25, 0.3) is 0 Å². The van der Waals surface area contributed by atoms with Gasteiger partial charge in [0.2, 0.25) is 5.43 Å². The number of rotatable bonds is 7. The van der Waals surface area contributed by atoms with Gasteiger partial charge in [-0.2, -0.15) is 5.10 Å². The maximum Gasteiger partial charge on any atom is 0.248 e. The van der Waals surface area contributed by atoms with Crippen molar-refractivity contribution in [1.82, 2.24) is 20.1 Å². The highest BCUT2D eigenvalue weighted by molar-refractivity contribution is 5.27. The number of hydrogen-bond acceptors (Lipinski definition) is 6. The molecule has 2 heterocycles. The minimum atomic E-state index is -1.31. The van der Waals surface area contributed by atoms with E-state index in [-0.39, 0.29) is 17.7 Å². The first-order valence-corrected chi connectivity index (χ1v) is 10.2. The Balaban J connectivity index is 1.59. The van der Waals surface area contributed by atoms with Crippen LogP contribution < -0.4 is 10.7 Å². The molecule has 7 heteroatoms. The topological polar surface area (TPSA) is 100 Å². The molecule has 0 bridgehead atoms. The van der Waals surface area contributed by atoms with Gasteiger partial charge in [0.1, 0.15) is 0 Å². The Kier molecular flexibility index (Phi) is 5.92. The predicted octanol–water partition coefficient (Wildman–Crippen LogP) is 2.64. The summed E-state index contributed by atoms with van der Waals surface area (Å²) in [6.07, 6.45) is 6.00. The van der Waals surface area contributed by atoms with Gasteiger partial charge in [-0.15, -0.1) is 0 Å². The Morgan fingerprint density at radius 2 is 1.83 bits per heavy atom. The second kappa shape index (κ2) is 8.77. The van der Waals surface area contributed by atoms with Crippen LogP contribution in [0.3, 0.4) is 0 Å². The van der Waals surface area contributed by atoms with E-state index in [4.69, 9.17) is 0 Å². The summed E-state index contributed by atoms with van der Waals surface area (Å²) in [6, 6.07) is 15.8. The number of aromatic nitrogens is 3. The zero-order valence-electron chi connectivity index (χ0n) is 16.7. The van der Waals surface area contributed by atoms with Crippen LogP contribution in [0.4, 0.5) is 0 Å². The lowest BCUT2D eigenvalue weighted by Crippen LogP contribution is -2.33. The predicted molar refractivity (Wildman–Crippen MR) is 113 cm³/mol. The second-order valence-corrected chi connectivity index (χ2v) is 7.88.